The highest BCUT2D eigenvalue weighted by Gasteiger charge is 2.19. The van der Waals surface area contributed by atoms with Crippen LogP contribution in [-0.2, 0) is 6.42 Å². The highest BCUT2D eigenvalue weighted by Crippen LogP contribution is 2.33. The molecule has 1 aliphatic rings. The lowest BCUT2D eigenvalue weighted by Gasteiger charge is -2.27. The third-order valence-electron chi connectivity index (χ3n) is 3.94. The summed E-state index contributed by atoms with van der Waals surface area (Å²) < 4.78 is 19.2. The van der Waals surface area contributed by atoms with E-state index < -0.39 is 0 Å². The molecule has 0 bridgehead atoms. The first kappa shape index (κ1) is 13.9. The summed E-state index contributed by atoms with van der Waals surface area (Å²) in [5.41, 5.74) is 3.53. The van der Waals surface area contributed by atoms with Crippen LogP contribution in [0.15, 0.2) is 42.5 Å². The van der Waals surface area contributed by atoms with Gasteiger partial charge in [0.15, 0.2) is 11.6 Å². The van der Waals surface area contributed by atoms with Gasteiger partial charge in [-0.05, 0) is 49.4 Å². The Hall–Kier alpha value is -2.03. The van der Waals surface area contributed by atoms with Gasteiger partial charge in [0.2, 0.25) is 0 Å². The Morgan fingerprint density at radius 3 is 2.90 bits per heavy atom. The zero-order valence-electron chi connectivity index (χ0n) is 12.2. The van der Waals surface area contributed by atoms with Gasteiger partial charge < -0.3 is 10.1 Å². The average Bonchev–Trinajstić information content (AvgIpc) is 2.51. The number of hydrogen-bond donors (Lipinski definition) is 1. The number of fused-ring (bicyclic) bond motifs is 1. The summed E-state index contributed by atoms with van der Waals surface area (Å²) in [7, 11) is 0. The fourth-order valence-electron chi connectivity index (χ4n) is 2.97. The quantitative estimate of drug-likeness (QED) is 0.878. The SMILES string of the molecule is CCOc1ccc(NC2CCCc3ccccc32)cc1F. The molecule has 0 spiro atoms. The zero-order chi connectivity index (χ0) is 14.7. The minimum atomic E-state index is -0.314. The molecule has 0 saturated carbocycles. The first-order chi connectivity index (χ1) is 10.3. The van der Waals surface area contributed by atoms with Crippen molar-refractivity contribution in [2.75, 3.05) is 11.9 Å². The summed E-state index contributed by atoms with van der Waals surface area (Å²) in [5, 5.41) is 3.45. The van der Waals surface area contributed by atoms with Crippen molar-refractivity contribution in [1.82, 2.24) is 0 Å². The summed E-state index contributed by atoms with van der Waals surface area (Å²) in [6.45, 7) is 2.32. The summed E-state index contributed by atoms with van der Waals surface area (Å²) >= 11 is 0. The molecular formula is C18H20FNO. The molecule has 3 rings (SSSR count). The van der Waals surface area contributed by atoms with Crippen LogP contribution in [0.5, 0.6) is 5.75 Å². The van der Waals surface area contributed by atoms with E-state index in [4.69, 9.17) is 4.74 Å². The molecule has 0 fully saturated rings. The molecule has 0 radical (unpaired) electrons. The maximum atomic E-state index is 13.9. The van der Waals surface area contributed by atoms with E-state index in [1.54, 1.807) is 6.07 Å². The number of ether oxygens (including phenoxy) is 1. The molecule has 0 aliphatic heterocycles. The molecule has 3 heteroatoms. The van der Waals surface area contributed by atoms with Crippen molar-refractivity contribution >= 4 is 5.69 Å². The number of halogens is 1. The Morgan fingerprint density at radius 2 is 2.10 bits per heavy atom. The van der Waals surface area contributed by atoms with Crippen molar-refractivity contribution in [3.8, 4) is 5.75 Å². The molecule has 1 N–H and O–H groups in total. The van der Waals surface area contributed by atoms with E-state index in [0.29, 0.717) is 12.4 Å². The molecule has 1 aliphatic carbocycles. The van der Waals surface area contributed by atoms with E-state index in [1.165, 1.54) is 17.2 Å². The van der Waals surface area contributed by atoms with E-state index in [9.17, 15) is 4.39 Å². The summed E-state index contributed by atoms with van der Waals surface area (Å²) in [5.74, 6) is -0.00182. The lowest BCUT2D eigenvalue weighted by atomic mass is 9.87. The van der Waals surface area contributed by atoms with Crippen LogP contribution in [0.2, 0.25) is 0 Å². The van der Waals surface area contributed by atoms with Crippen LogP contribution >= 0.6 is 0 Å². The molecule has 0 heterocycles. The first-order valence-electron chi connectivity index (χ1n) is 7.54. The molecule has 0 saturated heterocycles. The first-order valence-corrected chi connectivity index (χ1v) is 7.54. The maximum absolute atomic E-state index is 13.9. The number of nitrogens with one attached hydrogen (secondary N) is 1. The van der Waals surface area contributed by atoms with Crippen LogP contribution in [0.3, 0.4) is 0 Å². The zero-order valence-corrected chi connectivity index (χ0v) is 12.2. The van der Waals surface area contributed by atoms with Crippen LogP contribution in [0.25, 0.3) is 0 Å². The van der Waals surface area contributed by atoms with Gasteiger partial charge in [0.25, 0.3) is 0 Å². The molecular weight excluding hydrogens is 265 g/mol. The van der Waals surface area contributed by atoms with Crippen molar-refractivity contribution in [3.63, 3.8) is 0 Å². The second-order valence-corrected chi connectivity index (χ2v) is 5.37. The third kappa shape index (κ3) is 3.02. The minimum absolute atomic E-state index is 0.257. The van der Waals surface area contributed by atoms with Crippen molar-refractivity contribution in [2.24, 2.45) is 0 Å². The molecule has 2 nitrogen and oxygen atoms in total. The number of benzene rings is 2. The second kappa shape index (κ2) is 6.17. The van der Waals surface area contributed by atoms with Gasteiger partial charge >= 0.3 is 0 Å². The van der Waals surface area contributed by atoms with Crippen LogP contribution in [0, 0.1) is 5.82 Å². The van der Waals surface area contributed by atoms with Gasteiger partial charge in [-0.15, -0.1) is 0 Å². The molecule has 1 unspecified atom stereocenters. The monoisotopic (exact) mass is 285 g/mol. The van der Waals surface area contributed by atoms with Gasteiger partial charge in [-0.1, -0.05) is 24.3 Å². The molecule has 2 aromatic rings. The number of hydrogen-bond acceptors (Lipinski definition) is 2. The van der Waals surface area contributed by atoms with Gasteiger partial charge in [-0.25, -0.2) is 4.39 Å². The minimum Gasteiger partial charge on any atom is -0.491 e. The third-order valence-corrected chi connectivity index (χ3v) is 3.94. The summed E-state index contributed by atoms with van der Waals surface area (Å²) in [6, 6.07) is 13.8. The Bertz CT molecular complexity index is 626. The maximum Gasteiger partial charge on any atom is 0.167 e. The van der Waals surface area contributed by atoms with Gasteiger partial charge in [0.05, 0.1) is 12.6 Å². The van der Waals surface area contributed by atoms with Gasteiger partial charge in [0, 0.05) is 11.8 Å². The molecule has 0 amide bonds. The topological polar surface area (TPSA) is 21.3 Å². The van der Waals surface area contributed by atoms with Gasteiger partial charge in [0.1, 0.15) is 0 Å². The molecule has 110 valence electrons. The predicted molar refractivity (Wildman–Crippen MR) is 83.3 cm³/mol. The second-order valence-electron chi connectivity index (χ2n) is 5.37. The smallest absolute Gasteiger partial charge is 0.167 e. The summed E-state index contributed by atoms with van der Waals surface area (Å²) in [4.78, 5) is 0. The highest BCUT2D eigenvalue weighted by molar-refractivity contribution is 5.50. The van der Waals surface area contributed by atoms with E-state index >= 15 is 0 Å². The van der Waals surface area contributed by atoms with Crippen molar-refractivity contribution in [2.45, 2.75) is 32.2 Å². The number of aryl methyl sites for hydroxylation is 1. The van der Waals surface area contributed by atoms with E-state index in [2.05, 4.69) is 29.6 Å². The van der Waals surface area contributed by atoms with Crippen LogP contribution in [-0.4, -0.2) is 6.61 Å². The normalized spacial score (nSPS) is 17.1. The van der Waals surface area contributed by atoms with Crippen molar-refractivity contribution in [3.05, 3.63) is 59.4 Å². The van der Waals surface area contributed by atoms with E-state index in [-0.39, 0.29) is 11.9 Å². The Balaban J connectivity index is 1.80. The standard InChI is InChI=1S/C18H20FNO/c1-2-21-18-11-10-14(12-16(18)19)20-17-9-5-7-13-6-3-4-8-15(13)17/h3-4,6,8,10-12,17,20H,2,5,7,9H2,1H3. The van der Waals surface area contributed by atoms with Gasteiger partial charge in [-0.2, -0.15) is 0 Å². The predicted octanol–water partition coefficient (Wildman–Crippen LogP) is 4.71. The van der Waals surface area contributed by atoms with E-state index in [0.717, 1.165) is 24.9 Å². The largest absolute Gasteiger partial charge is 0.491 e. The van der Waals surface area contributed by atoms with Crippen LogP contribution in [0.1, 0.15) is 36.9 Å². The molecule has 2 aromatic carbocycles. The lowest BCUT2D eigenvalue weighted by molar-refractivity contribution is 0.321. The Morgan fingerprint density at radius 1 is 1.24 bits per heavy atom. The van der Waals surface area contributed by atoms with Crippen LogP contribution < -0.4 is 10.1 Å². The van der Waals surface area contributed by atoms with Gasteiger partial charge in [-0.3, -0.25) is 0 Å². The molecule has 21 heavy (non-hydrogen) atoms. The van der Waals surface area contributed by atoms with Crippen molar-refractivity contribution in [1.29, 1.82) is 0 Å². The molecule has 1 atom stereocenters. The van der Waals surface area contributed by atoms with Crippen LogP contribution in [0.4, 0.5) is 10.1 Å². The van der Waals surface area contributed by atoms with Crippen molar-refractivity contribution < 1.29 is 9.13 Å². The Labute approximate surface area is 125 Å². The molecule has 0 aromatic heterocycles. The number of rotatable bonds is 4. The Kier molecular flexibility index (Phi) is 4.09. The fraction of sp³-hybridized carbons (Fsp3) is 0.333. The lowest BCUT2D eigenvalue weighted by Crippen LogP contribution is -2.17. The fourth-order valence-corrected chi connectivity index (χ4v) is 2.97. The summed E-state index contributed by atoms with van der Waals surface area (Å²) in [6.07, 6.45) is 3.37. The average molecular weight is 285 g/mol. The highest BCUT2D eigenvalue weighted by atomic mass is 19.1. The number of anilines is 1. The van der Waals surface area contributed by atoms with E-state index in [1.807, 2.05) is 13.0 Å².